The smallest absolute Gasteiger partial charge is 0.264 e. The number of carbonyl (C=O) groups is 1. The van der Waals surface area contributed by atoms with Gasteiger partial charge in [0.05, 0.1) is 11.4 Å². The van der Waals surface area contributed by atoms with E-state index in [0.717, 1.165) is 41.6 Å². The van der Waals surface area contributed by atoms with Crippen LogP contribution in [0.15, 0.2) is 48.0 Å². The zero-order valence-electron chi connectivity index (χ0n) is 14.6. The highest BCUT2D eigenvalue weighted by atomic mass is 35.5. The molecular weight excluding hydrogens is 400 g/mol. The third kappa shape index (κ3) is 4.43. The van der Waals surface area contributed by atoms with Gasteiger partial charge in [0.15, 0.2) is 4.47 Å². The molecule has 27 heavy (non-hydrogen) atoms. The number of benzene rings is 1. The molecule has 1 amide bonds. The number of anilines is 2. The Bertz CT molecular complexity index is 887. The van der Waals surface area contributed by atoms with Gasteiger partial charge in [0.25, 0.3) is 5.91 Å². The molecule has 0 radical (unpaired) electrons. The first-order valence-electron chi connectivity index (χ1n) is 8.71. The SMILES string of the molecule is O=C(c1cccs1)N1CCN(c2ccc(NCc3cnc(Cl)s3)cc2)CC1. The number of carbonyl (C=O) groups excluding carboxylic acids is 1. The Kier molecular flexibility index (Phi) is 5.61. The van der Waals surface area contributed by atoms with Crippen LogP contribution in [0.4, 0.5) is 11.4 Å². The summed E-state index contributed by atoms with van der Waals surface area (Å²) >= 11 is 8.85. The van der Waals surface area contributed by atoms with Gasteiger partial charge in [-0.05, 0) is 35.7 Å². The summed E-state index contributed by atoms with van der Waals surface area (Å²) in [6.07, 6.45) is 1.80. The average Bonchev–Trinajstić information content (AvgIpc) is 3.38. The highest BCUT2D eigenvalue weighted by Crippen LogP contribution is 2.23. The second kappa shape index (κ2) is 8.29. The fourth-order valence-corrected chi connectivity index (χ4v) is 4.68. The summed E-state index contributed by atoms with van der Waals surface area (Å²) in [5.41, 5.74) is 2.25. The Morgan fingerprint density at radius 3 is 2.56 bits per heavy atom. The zero-order chi connectivity index (χ0) is 18.6. The normalized spacial score (nSPS) is 14.4. The Hall–Kier alpha value is -2.09. The summed E-state index contributed by atoms with van der Waals surface area (Å²) < 4.78 is 0.568. The third-order valence-electron chi connectivity index (χ3n) is 4.52. The molecule has 5 nitrogen and oxygen atoms in total. The van der Waals surface area contributed by atoms with Crippen molar-refractivity contribution in [1.29, 1.82) is 0 Å². The van der Waals surface area contributed by atoms with E-state index < -0.39 is 0 Å². The van der Waals surface area contributed by atoms with Crippen LogP contribution in [0, 0.1) is 0 Å². The maximum absolute atomic E-state index is 12.4. The number of thiazole rings is 1. The molecule has 0 bridgehead atoms. The maximum Gasteiger partial charge on any atom is 0.264 e. The van der Waals surface area contributed by atoms with Crippen molar-refractivity contribution in [3.8, 4) is 0 Å². The lowest BCUT2D eigenvalue weighted by atomic mass is 10.2. The Labute approximate surface area is 171 Å². The molecule has 1 N–H and O–H groups in total. The molecule has 0 spiro atoms. The van der Waals surface area contributed by atoms with Gasteiger partial charge in [-0.25, -0.2) is 4.98 Å². The Morgan fingerprint density at radius 1 is 1.15 bits per heavy atom. The fourth-order valence-electron chi connectivity index (χ4n) is 3.07. The lowest BCUT2D eigenvalue weighted by Crippen LogP contribution is -2.48. The van der Waals surface area contributed by atoms with Crippen LogP contribution in [0.2, 0.25) is 4.47 Å². The number of amides is 1. The lowest BCUT2D eigenvalue weighted by Gasteiger charge is -2.36. The van der Waals surface area contributed by atoms with Gasteiger partial charge in [0, 0.05) is 48.6 Å². The van der Waals surface area contributed by atoms with Gasteiger partial charge in [0.2, 0.25) is 0 Å². The number of hydrogen-bond donors (Lipinski definition) is 1. The van der Waals surface area contributed by atoms with Crippen molar-refractivity contribution < 1.29 is 4.79 Å². The van der Waals surface area contributed by atoms with Crippen molar-refractivity contribution in [2.75, 3.05) is 36.4 Å². The monoisotopic (exact) mass is 418 g/mol. The molecular formula is C19H19ClN4OS2. The van der Waals surface area contributed by atoms with E-state index in [1.807, 2.05) is 22.4 Å². The quantitative estimate of drug-likeness (QED) is 0.665. The summed E-state index contributed by atoms with van der Waals surface area (Å²) in [7, 11) is 0. The molecule has 2 aromatic heterocycles. The van der Waals surface area contributed by atoms with Crippen LogP contribution >= 0.6 is 34.3 Å². The molecule has 1 fully saturated rings. The number of thiophene rings is 1. The molecule has 0 unspecified atom stereocenters. The first-order valence-corrected chi connectivity index (χ1v) is 10.8. The molecule has 8 heteroatoms. The number of nitrogens with one attached hydrogen (secondary N) is 1. The van der Waals surface area contributed by atoms with Crippen molar-refractivity contribution in [2.24, 2.45) is 0 Å². The van der Waals surface area contributed by atoms with Gasteiger partial charge in [0.1, 0.15) is 0 Å². The summed E-state index contributed by atoms with van der Waals surface area (Å²) in [5.74, 6) is 0.146. The molecule has 1 aliphatic heterocycles. The molecule has 3 aromatic rings. The minimum atomic E-state index is 0.146. The number of aromatic nitrogens is 1. The highest BCUT2D eigenvalue weighted by molar-refractivity contribution is 7.15. The summed E-state index contributed by atoms with van der Waals surface area (Å²) in [6, 6.07) is 12.2. The molecule has 1 aliphatic rings. The maximum atomic E-state index is 12.4. The Balaban J connectivity index is 1.30. The van der Waals surface area contributed by atoms with Crippen LogP contribution in [0.25, 0.3) is 0 Å². The number of halogens is 1. The topological polar surface area (TPSA) is 48.5 Å². The van der Waals surface area contributed by atoms with E-state index in [-0.39, 0.29) is 5.91 Å². The molecule has 0 aliphatic carbocycles. The van der Waals surface area contributed by atoms with E-state index in [1.54, 1.807) is 6.20 Å². The van der Waals surface area contributed by atoms with Gasteiger partial charge in [-0.1, -0.05) is 17.7 Å². The second-order valence-electron chi connectivity index (χ2n) is 6.24. The van der Waals surface area contributed by atoms with Crippen LogP contribution in [0.3, 0.4) is 0 Å². The highest BCUT2D eigenvalue weighted by Gasteiger charge is 2.22. The van der Waals surface area contributed by atoms with E-state index in [9.17, 15) is 4.79 Å². The van der Waals surface area contributed by atoms with Gasteiger partial charge >= 0.3 is 0 Å². The van der Waals surface area contributed by atoms with Gasteiger partial charge < -0.3 is 15.1 Å². The van der Waals surface area contributed by atoms with E-state index in [1.165, 1.54) is 28.4 Å². The number of nitrogens with zero attached hydrogens (tertiary/aromatic N) is 3. The number of rotatable bonds is 5. The molecule has 1 aromatic carbocycles. The van der Waals surface area contributed by atoms with Crippen molar-refractivity contribution in [3.63, 3.8) is 0 Å². The summed E-state index contributed by atoms with van der Waals surface area (Å²) in [4.78, 5) is 22.7. The van der Waals surface area contributed by atoms with Gasteiger partial charge in [-0.15, -0.1) is 22.7 Å². The molecule has 4 rings (SSSR count). The predicted octanol–water partition coefficient (Wildman–Crippen LogP) is 4.43. The average molecular weight is 419 g/mol. The van der Waals surface area contributed by atoms with Crippen molar-refractivity contribution in [3.05, 3.63) is 62.2 Å². The van der Waals surface area contributed by atoms with Crippen LogP contribution in [-0.4, -0.2) is 42.0 Å². The van der Waals surface area contributed by atoms with Crippen molar-refractivity contribution in [2.45, 2.75) is 6.54 Å². The van der Waals surface area contributed by atoms with Crippen LogP contribution < -0.4 is 10.2 Å². The Morgan fingerprint density at radius 2 is 1.93 bits per heavy atom. The number of hydrogen-bond acceptors (Lipinski definition) is 6. The summed E-state index contributed by atoms with van der Waals surface area (Å²) in [6.45, 7) is 3.92. The minimum absolute atomic E-state index is 0.146. The van der Waals surface area contributed by atoms with Crippen LogP contribution in [0.5, 0.6) is 0 Å². The first kappa shape index (κ1) is 18.3. The van der Waals surface area contributed by atoms with Crippen molar-refractivity contribution >= 4 is 51.6 Å². The summed E-state index contributed by atoms with van der Waals surface area (Å²) in [5, 5.41) is 5.33. The third-order valence-corrected chi connectivity index (χ3v) is 6.50. The molecule has 3 heterocycles. The largest absolute Gasteiger partial charge is 0.380 e. The van der Waals surface area contributed by atoms with Gasteiger partial charge in [-0.2, -0.15) is 0 Å². The number of piperazine rings is 1. The van der Waals surface area contributed by atoms with Crippen LogP contribution in [0.1, 0.15) is 14.5 Å². The molecule has 1 saturated heterocycles. The first-order chi connectivity index (χ1) is 13.2. The van der Waals surface area contributed by atoms with E-state index in [4.69, 9.17) is 11.6 Å². The van der Waals surface area contributed by atoms with Crippen LogP contribution in [-0.2, 0) is 6.54 Å². The van der Waals surface area contributed by atoms with E-state index >= 15 is 0 Å². The second-order valence-corrected chi connectivity index (χ2v) is 8.88. The zero-order valence-corrected chi connectivity index (χ0v) is 17.0. The fraction of sp³-hybridized carbons (Fsp3) is 0.263. The van der Waals surface area contributed by atoms with E-state index in [0.29, 0.717) is 11.0 Å². The van der Waals surface area contributed by atoms with E-state index in [2.05, 4.69) is 39.5 Å². The standard InChI is InChI=1S/C19H19ClN4OS2/c20-19-22-13-16(27-19)12-21-14-3-5-15(6-4-14)23-7-9-24(10-8-23)18(25)17-2-1-11-26-17/h1-6,11,13,21H,7-10,12H2. The minimum Gasteiger partial charge on any atom is -0.380 e. The molecule has 0 saturated carbocycles. The lowest BCUT2D eigenvalue weighted by molar-refractivity contribution is 0.0751. The van der Waals surface area contributed by atoms with Gasteiger partial charge in [-0.3, -0.25) is 4.79 Å². The molecule has 0 atom stereocenters. The predicted molar refractivity (Wildman–Crippen MR) is 113 cm³/mol. The van der Waals surface area contributed by atoms with Crippen molar-refractivity contribution in [1.82, 2.24) is 9.88 Å². The molecule has 140 valence electrons.